The molecule has 0 N–H and O–H groups in total. The van der Waals surface area contributed by atoms with Crippen LogP contribution in [0.3, 0.4) is 0 Å². The molecule has 0 saturated carbocycles. The molecule has 24 heavy (non-hydrogen) atoms. The number of ether oxygens (including phenoxy) is 2. The van der Waals surface area contributed by atoms with Gasteiger partial charge in [-0.15, -0.1) is 0 Å². The second-order valence-corrected chi connectivity index (χ2v) is 5.49. The predicted molar refractivity (Wildman–Crippen MR) is 93.5 cm³/mol. The average Bonchev–Trinajstić information content (AvgIpc) is 2.62. The summed E-state index contributed by atoms with van der Waals surface area (Å²) in [4.78, 5) is 16.6. The van der Waals surface area contributed by atoms with Crippen molar-refractivity contribution >= 4 is 28.5 Å². The summed E-state index contributed by atoms with van der Waals surface area (Å²) in [5, 5.41) is 1.09. The molecule has 122 valence electrons. The maximum Gasteiger partial charge on any atom is 0.360 e. The first kappa shape index (κ1) is 16.3. The summed E-state index contributed by atoms with van der Waals surface area (Å²) in [7, 11) is 0. The number of carbonyl (C=O) groups excluding carboxylic acids is 1. The third-order valence-electron chi connectivity index (χ3n) is 3.48. The van der Waals surface area contributed by atoms with E-state index in [1.165, 1.54) is 0 Å². The number of nitrogens with zero attached hydrogens (tertiary/aromatic N) is 1. The van der Waals surface area contributed by atoms with Gasteiger partial charge in [0.05, 0.1) is 17.1 Å². The van der Waals surface area contributed by atoms with Crippen molar-refractivity contribution in [1.29, 1.82) is 0 Å². The van der Waals surface area contributed by atoms with Gasteiger partial charge in [0.15, 0.2) is 11.4 Å². The Hall–Kier alpha value is -2.59. The summed E-state index contributed by atoms with van der Waals surface area (Å²) in [6, 6.07) is 17.0. The third kappa shape index (κ3) is 3.34. The highest BCUT2D eigenvalue weighted by Crippen LogP contribution is 2.35. The highest BCUT2D eigenvalue weighted by molar-refractivity contribution is 6.37. The van der Waals surface area contributed by atoms with Gasteiger partial charge in [-0.05, 0) is 18.6 Å². The van der Waals surface area contributed by atoms with Gasteiger partial charge in [0.2, 0.25) is 0 Å². The molecule has 2 aromatic carbocycles. The summed E-state index contributed by atoms with van der Waals surface area (Å²) in [6.45, 7) is 2.28. The number of para-hydroxylation sites is 1. The van der Waals surface area contributed by atoms with E-state index in [1.54, 1.807) is 13.0 Å². The first-order chi connectivity index (χ1) is 11.7. The molecule has 0 fully saturated rings. The van der Waals surface area contributed by atoms with Crippen LogP contribution in [0, 0.1) is 0 Å². The van der Waals surface area contributed by atoms with Crippen LogP contribution in [-0.4, -0.2) is 17.6 Å². The summed E-state index contributed by atoms with van der Waals surface area (Å²) >= 11 is 6.48. The predicted octanol–water partition coefficient (Wildman–Crippen LogP) is 4.64. The summed E-state index contributed by atoms with van der Waals surface area (Å²) in [6.07, 6.45) is 0. The first-order valence-electron chi connectivity index (χ1n) is 7.62. The molecule has 0 aliphatic carbocycles. The minimum Gasteiger partial charge on any atom is -0.485 e. The topological polar surface area (TPSA) is 48.4 Å². The first-order valence-corrected chi connectivity index (χ1v) is 8.00. The number of benzene rings is 2. The Morgan fingerprint density at radius 1 is 1.08 bits per heavy atom. The van der Waals surface area contributed by atoms with Crippen LogP contribution >= 0.6 is 11.6 Å². The lowest BCUT2D eigenvalue weighted by atomic mass is 10.2. The lowest BCUT2D eigenvalue weighted by molar-refractivity contribution is 0.0514. The molecule has 3 aromatic rings. The fourth-order valence-electron chi connectivity index (χ4n) is 2.35. The maximum absolute atomic E-state index is 12.2. The van der Waals surface area contributed by atoms with Crippen molar-refractivity contribution in [3.8, 4) is 5.75 Å². The SMILES string of the molecule is CCOC(=O)c1nc2ccccc2c(Cl)c1OCc1ccccc1. The molecule has 0 spiro atoms. The monoisotopic (exact) mass is 341 g/mol. The van der Waals surface area contributed by atoms with Gasteiger partial charge in [0, 0.05) is 5.39 Å². The summed E-state index contributed by atoms with van der Waals surface area (Å²) in [5.41, 5.74) is 1.69. The average molecular weight is 342 g/mol. The zero-order chi connectivity index (χ0) is 16.9. The van der Waals surface area contributed by atoms with Crippen LogP contribution in [0.2, 0.25) is 5.02 Å². The lowest BCUT2D eigenvalue weighted by Gasteiger charge is -2.14. The lowest BCUT2D eigenvalue weighted by Crippen LogP contribution is -2.11. The van der Waals surface area contributed by atoms with E-state index in [2.05, 4.69) is 4.98 Å². The molecule has 0 aliphatic rings. The van der Waals surface area contributed by atoms with Crippen LogP contribution in [-0.2, 0) is 11.3 Å². The molecular weight excluding hydrogens is 326 g/mol. The van der Waals surface area contributed by atoms with Crippen LogP contribution in [0.1, 0.15) is 23.0 Å². The number of hydrogen-bond donors (Lipinski definition) is 0. The van der Waals surface area contributed by atoms with Crippen LogP contribution < -0.4 is 4.74 Å². The van der Waals surface area contributed by atoms with Gasteiger partial charge in [-0.1, -0.05) is 60.1 Å². The molecule has 4 nitrogen and oxygen atoms in total. The normalized spacial score (nSPS) is 10.6. The molecule has 0 radical (unpaired) electrons. The zero-order valence-electron chi connectivity index (χ0n) is 13.2. The second-order valence-electron chi connectivity index (χ2n) is 5.12. The van der Waals surface area contributed by atoms with E-state index in [-0.39, 0.29) is 24.7 Å². The number of esters is 1. The minimum absolute atomic E-state index is 0.0940. The van der Waals surface area contributed by atoms with Crippen LogP contribution in [0.5, 0.6) is 5.75 Å². The third-order valence-corrected chi connectivity index (χ3v) is 3.86. The largest absolute Gasteiger partial charge is 0.485 e. The van der Waals surface area contributed by atoms with Crippen LogP contribution in [0.4, 0.5) is 0 Å². The van der Waals surface area contributed by atoms with E-state index in [0.717, 1.165) is 10.9 Å². The second kappa shape index (κ2) is 7.32. The smallest absolute Gasteiger partial charge is 0.360 e. The highest BCUT2D eigenvalue weighted by Gasteiger charge is 2.22. The maximum atomic E-state index is 12.2. The Morgan fingerprint density at radius 2 is 1.79 bits per heavy atom. The van der Waals surface area contributed by atoms with E-state index in [0.29, 0.717) is 10.5 Å². The number of halogens is 1. The van der Waals surface area contributed by atoms with Crippen molar-refractivity contribution in [2.45, 2.75) is 13.5 Å². The number of carbonyl (C=O) groups is 1. The van der Waals surface area contributed by atoms with Crippen molar-refractivity contribution in [3.63, 3.8) is 0 Å². The number of fused-ring (bicyclic) bond motifs is 1. The van der Waals surface area contributed by atoms with E-state index in [1.807, 2.05) is 48.5 Å². The number of hydrogen-bond acceptors (Lipinski definition) is 4. The standard InChI is InChI=1S/C19H16ClNO3/c1-2-23-19(22)17-18(24-12-13-8-4-3-5-9-13)16(20)14-10-6-7-11-15(14)21-17/h3-11H,2,12H2,1H3. The Kier molecular flexibility index (Phi) is 4.96. The Morgan fingerprint density at radius 3 is 2.54 bits per heavy atom. The fourth-order valence-corrected chi connectivity index (χ4v) is 2.66. The van der Waals surface area contributed by atoms with Crippen molar-refractivity contribution in [2.75, 3.05) is 6.61 Å². The van der Waals surface area contributed by atoms with Gasteiger partial charge in [-0.2, -0.15) is 0 Å². The van der Waals surface area contributed by atoms with E-state index in [4.69, 9.17) is 21.1 Å². The van der Waals surface area contributed by atoms with Gasteiger partial charge >= 0.3 is 5.97 Å². The van der Waals surface area contributed by atoms with Crippen molar-refractivity contribution in [1.82, 2.24) is 4.98 Å². The number of pyridine rings is 1. The molecule has 0 atom stereocenters. The summed E-state index contributed by atoms with van der Waals surface area (Å²) in [5.74, 6) is -0.300. The molecule has 0 bridgehead atoms. The quantitative estimate of drug-likeness (QED) is 0.634. The Bertz CT molecular complexity index is 865. The number of rotatable bonds is 5. The molecule has 3 rings (SSSR count). The van der Waals surface area contributed by atoms with E-state index < -0.39 is 5.97 Å². The molecule has 1 heterocycles. The van der Waals surface area contributed by atoms with Crippen molar-refractivity contribution in [3.05, 3.63) is 70.9 Å². The zero-order valence-corrected chi connectivity index (χ0v) is 13.9. The van der Waals surface area contributed by atoms with E-state index >= 15 is 0 Å². The molecular formula is C19H16ClNO3. The van der Waals surface area contributed by atoms with Crippen LogP contribution in [0.25, 0.3) is 10.9 Å². The van der Waals surface area contributed by atoms with Crippen molar-refractivity contribution < 1.29 is 14.3 Å². The summed E-state index contributed by atoms with van der Waals surface area (Å²) < 4.78 is 10.9. The Labute approximate surface area is 145 Å². The molecule has 0 aliphatic heterocycles. The Balaban J connectivity index is 2.03. The van der Waals surface area contributed by atoms with Gasteiger partial charge in [-0.3, -0.25) is 0 Å². The molecule has 1 aromatic heterocycles. The van der Waals surface area contributed by atoms with Crippen LogP contribution in [0.15, 0.2) is 54.6 Å². The van der Waals surface area contributed by atoms with Crippen molar-refractivity contribution in [2.24, 2.45) is 0 Å². The van der Waals surface area contributed by atoms with Gasteiger partial charge < -0.3 is 9.47 Å². The minimum atomic E-state index is -0.548. The van der Waals surface area contributed by atoms with E-state index in [9.17, 15) is 4.79 Å². The number of aromatic nitrogens is 1. The molecule has 0 amide bonds. The fraction of sp³-hybridized carbons (Fsp3) is 0.158. The molecule has 0 saturated heterocycles. The molecule has 5 heteroatoms. The highest BCUT2D eigenvalue weighted by atomic mass is 35.5. The van der Waals surface area contributed by atoms with Gasteiger partial charge in [0.1, 0.15) is 6.61 Å². The van der Waals surface area contributed by atoms with Gasteiger partial charge in [-0.25, -0.2) is 9.78 Å². The molecule has 0 unspecified atom stereocenters. The van der Waals surface area contributed by atoms with Gasteiger partial charge in [0.25, 0.3) is 0 Å².